The average Bonchev–Trinajstić information content (AvgIpc) is 2.48. The summed E-state index contributed by atoms with van der Waals surface area (Å²) in [6, 6.07) is 7.14. The van der Waals surface area contributed by atoms with Crippen LogP contribution in [0.25, 0.3) is 0 Å². The minimum Gasteiger partial charge on any atom is -0.464 e. The number of hydrogen-bond acceptors (Lipinski definition) is 8. The van der Waals surface area contributed by atoms with E-state index in [0.717, 1.165) is 0 Å². The number of aliphatic hydroxyl groups excluding tert-OH is 1. The van der Waals surface area contributed by atoms with E-state index in [2.05, 4.69) is 20.4 Å². The van der Waals surface area contributed by atoms with Crippen LogP contribution in [-0.2, 0) is 6.61 Å². The smallest absolute Gasteiger partial charge is 0.330 e. The van der Waals surface area contributed by atoms with E-state index in [4.69, 9.17) is 15.3 Å². The van der Waals surface area contributed by atoms with Gasteiger partial charge in [-0.15, -0.1) is 4.98 Å². The van der Waals surface area contributed by atoms with Gasteiger partial charge in [0.15, 0.2) is 0 Å². The Morgan fingerprint density at radius 2 is 1.95 bits per heavy atom. The van der Waals surface area contributed by atoms with Crippen molar-refractivity contribution in [1.29, 1.82) is 0 Å². The van der Waals surface area contributed by atoms with Gasteiger partial charge in [-0.2, -0.15) is 9.97 Å². The molecule has 0 aliphatic rings. The number of para-hydroxylation sites is 1. The Morgan fingerprint density at radius 1 is 1.20 bits per heavy atom. The third-order valence-corrected chi connectivity index (χ3v) is 2.34. The largest absolute Gasteiger partial charge is 0.464 e. The molecule has 0 bridgehead atoms. The van der Waals surface area contributed by atoms with Crippen molar-refractivity contribution < 1.29 is 14.6 Å². The summed E-state index contributed by atoms with van der Waals surface area (Å²) < 4.78 is 10.7. The summed E-state index contributed by atoms with van der Waals surface area (Å²) in [6.07, 6.45) is 0. The number of hydrogen-bond donors (Lipinski definition) is 3. The van der Waals surface area contributed by atoms with Gasteiger partial charge < -0.3 is 14.6 Å². The molecule has 8 heteroatoms. The lowest BCUT2D eigenvalue weighted by Gasteiger charge is -2.09. The fourth-order valence-corrected chi connectivity index (χ4v) is 1.47. The third-order valence-electron chi connectivity index (χ3n) is 2.34. The zero-order chi connectivity index (χ0) is 14.4. The molecule has 1 aromatic heterocycles. The van der Waals surface area contributed by atoms with Gasteiger partial charge in [0.2, 0.25) is 5.95 Å². The van der Waals surface area contributed by atoms with Crippen molar-refractivity contribution in [2.24, 2.45) is 5.84 Å². The average molecular weight is 277 g/mol. The summed E-state index contributed by atoms with van der Waals surface area (Å²) in [5, 5.41) is 9.25. The summed E-state index contributed by atoms with van der Waals surface area (Å²) in [5.74, 6) is 5.85. The number of benzene rings is 1. The molecule has 2 rings (SSSR count). The highest BCUT2D eigenvalue weighted by atomic mass is 16.5. The monoisotopic (exact) mass is 277 g/mol. The highest BCUT2D eigenvalue weighted by molar-refractivity contribution is 5.35. The van der Waals surface area contributed by atoms with Gasteiger partial charge in [0, 0.05) is 5.56 Å². The maximum absolute atomic E-state index is 9.25. The molecule has 0 saturated carbocycles. The SMILES string of the molecule is CCOc1nc(NN)nc(Oc2ccccc2CO)n1. The second kappa shape index (κ2) is 6.64. The molecule has 0 spiro atoms. The van der Waals surface area contributed by atoms with Gasteiger partial charge in [-0.05, 0) is 13.0 Å². The first-order valence-corrected chi connectivity index (χ1v) is 5.99. The van der Waals surface area contributed by atoms with Crippen molar-refractivity contribution in [3.05, 3.63) is 29.8 Å². The van der Waals surface area contributed by atoms with Crippen molar-refractivity contribution in [3.8, 4) is 17.8 Å². The van der Waals surface area contributed by atoms with Crippen LogP contribution in [-0.4, -0.2) is 26.7 Å². The number of anilines is 1. The second-order valence-corrected chi connectivity index (χ2v) is 3.67. The molecule has 0 unspecified atom stereocenters. The Hall–Kier alpha value is -2.45. The molecule has 1 heterocycles. The van der Waals surface area contributed by atoms with Gasteiger partial charge in [-0.1, -0.05) is 18.2 Å². The highest BCUT2D eigenvalue weighted by Gasteiger charge is 2.10. The molecule has 0 saturated heterocycles. The van der Waals surface area contributed by atoms with Crippen molar-refractivity contribution >= 4 is 5.95 Å². The topological polar surface area (TPSA) is 115 Å². The molecule has 20 heavy (non-hydrogen) atoms. The lowest BCUT2D eigenvalue weighted by atomic mass is 10.2. The third kappa shape index (κ3) is 3.31. The van der Waals surface area contributed by atoms with Crippen LogP contribution in [0.5, 0.6) is 17.8 Å². The van der Waals surface area contributed by atoms with E-state index in [1.54, 1.807) is 31.2 Å². The number of ether oxygens (including phenoxy) is 2. The Bertz CT molecular complexity index is 579. The molecule has 0 atom stereocenters. The fraction of sp³-hybridized carbons (Fsp3) is 0.250. The van der Waals surface area contributed by atoms with Crippen LogP contribution in [0.1, 0.15) is 12.5 Å². The fourth-order valence-electron chi connectivity index (χ4n) is 1.47. The molecule has 1 aromatic carbocycles. The Balaban J connectivity index is 2.30. The van der Waals surface area contributed by atoms with Crippen LogP contribution in [0.4, 0.5) is 5.95 Å². The van der Waals surface area contributed by atoms with Crippen molar-refractivity contribution in [2.75, 3.05) is 12.0 Å². The van der Waals surface area contributed by atoms with E-state index in [1.165, 1.54) is 0 Å². The number of nitrogens with one attached hydrogen (secondary N) is 1. The number of aromatic nitrogens is 3. The number of nitrogen functional groups attached to an aromatic ring is 1. The normalized spacial score (nSPS) is 10.2. The molecule has 106 valence electrons. The number of hydrazine groups is 1. The molecule has 4 N–H and O–H groups in total. The van der Waals surface area contributed by atoms with E-state index < -0.39 is 0 Å². The van der Waals surface area contributed by atoms with Crippen molar-refractivity contribution in [1.82, 2.24) is 15.0 Å². The molecule has 0 radical (unpaired) electrons. The summed E-state index contributed by atoms with van der Waals surface area (Å²) in [6.45, 7) is 2.06. The van der Waals surface area contributed by atoms with Gasteiger partial charge in [0.05, 0.1) is 13.2 Å². The molecular formula is C12H15N5O3. The maximum Gasteiger partial charge on any atom is 0.330 e. The van der Waals surface area contributed by atoms with Crippen LogP contribution in [0, 0.1) is 0 Å². The molecule has 0 amide bonds. The minimum absolute atomic E-state index is 0.0253. The summed E-state index contributed by atoms with van der Waals surface area (Å²) in [4.78, 5) is 11.9. The number of aliphatic hydroxyl groups is 1. The van der Waals surface area contributed by atoms with Gasteiger partial charge in [0.25, 0.3) is 0 Å². The predicted octanol–water partition coefficient (Wildman–Crippen LogP) is 0.840. The van der Waals surface area contributed by atoms with E-state index in [9.17, 15) is 5.11 Å². The van der Waals surface area contributed by atoms with Gasteiger partial charge in [-0.3, -0.25) is 5.43 Å². The Morgan fingerprint density at radius 3 is 2.65 bits per heavy atom. The van der Waals surface area contributed by atoms with Crippen LogP contribution in [0.3, 0.4) is 0 Å². The maximum atomic E-state index is 9.25. The van der Waals surface area contributed by atoms with Crippen molar-refractivity contribution in [3.63, 3.8) is 0 Å². The lowest BCUT2D eigenvalue weighted by molar-refractivity contribution is 0.274. The van der Waals surface area contributed by atoms with Crippen LogP contribution < -0.4 is 20.7 Å². The van der Waals surface area contributed by atoms with E-state index in [1.807, 2.05) is 0 Å². The molecule has 0 aliphatic carbocycles. The van der Waals surface area contributed by atoms with Gasteiger partial charge in [0.1, 0.15) is 5.75 Å². The number of nitrogens with zero attached hydrogens (tertiary/aromatic N) is 3. The molecule has 0 aliphatic heterocycles. The summed E-state index contributed by atoms with van der Waals surface area (Å²) >= 11 is 0. The highest BCUT2D eigenvalue weighted by Crippen LogP contribution is 2.24. The quantitative estimate of drug-likeness (QED) is 0.525. The summed E-state index contributed by atoms with van der Waals surface area (Å²) in [5.41, 5.74) is 2.93. The number of nitrogens with two attached hydrogens (primary N) is 1. The zero-order valence-electron chi connectivity index (χ0n) is 10.9. The van der Waals surface area contributed by atoms with Gasteiger partial charge >= 0.3 is 12.0 Å². The first-order valence-electron chi connectivity index (χ1n) is 5.99. The van der Waals surface area contributed by atoms with E-state index in [0.29, 0.717) is 17.9 Å². The van der Waals surface area contributed by atoms with Crippen molar-refractivity contribution in [2.45, 2.75) is 13.5 Å². The number of rotatable bonds is 6. The standard InChI is InChI=1S/C12H15N5O3/c1-2-19-11-14-10(17-13)15-12(16-11)20-9-6-4-3-5-8(9)7-18/h3-6,18H,2,7,13H2,1H3,(H,14,15,16,17). The second-order valence-electron chi connectivity index (χ2n) is 3.67. The molecule has 8 nitrogen and oxygen atoms in total. The van der Waals surface area contributed by atoms with E-state index >= 15 is 0 Å². The molecular weight excluding hydrogens is 262 g/mol. The Kier molecular flexibility index (Phi) is 4.64. The Labute approximate surface area is 115 Å². The first-order chi connectivity index (χ1) is 9.76. The molecule has 2 aromatic rings. The van der Waals surface area contributed by atoms with Crippen LogP contribution >= 0.6 is 0 Å². The van der Waals surface area contributed by atoms with Gasteiger partial charge in [-0.25, -0.2) is 5.84 Å². The first kappa shape index (κ1) is 14.0. The predicted molar refractivity (Wildman–Crippen MR) is 71.2 cm³/mol. The molecule has 0 fully saturated rings. The minimum atomic E-state index is -0.151. The van der Waals surface area contributed by atoms with E-state index in [-0.39, 0.29) is 24.6 Å². The summed E-state index contributed by atoms with van der Waals surface area (Å²) in [7, 11) is 0. The lowest BCUT2D eigenvalue weighted by Crippen LogP contribution is -2.13. The van der Waals surface area contributed by atoms with Crippen LogP contribution in [0.2, 0.25) is 0 Å². The zero-order valence-corrected chi connectivity index (χ0v) is 10.9. The van der Waals surface area contributed by atoms with Crippen LogP contribution in [0.15, 0.2) is 24.3 Å².